The topological polar surface area (TPSA) is 87.1 Å². The van der Waals surface area contributed by atoms with Crippen LogP contribution in [0.25, 0.3) is 0 Å². The van der Waals surface area contributed by atoms with Gasteiger partial charge in [-0.1, -0.05) is 20.8 Å². The van der Waals surface area contributed by atoms with Gasteiger partial charge in [-0.2, -0.15) is 0 Å². The number of carbonyl (C=O) groups excluding carboxylic acids is 2. The second-order valence-corrected chi connectivity index (χ2v) is 8.72. The first-order valence-corrected chi connectivity index (χ1v) is 10.1. The molecule has 6 heteroatoms. The number of hydrogen-bond donors (Lipinski definition) is 3. The highest BCUT2D eigenvalue weighted by Crippen LogP contribution is 2.23. The fraction of sp³-hybridized carbons (Fsp3) is 0.545. The van der Waals surface area contributed by atoms with Gasteiger partial charge in [-0.25, -0.2) is 0 Å². The standard InChI is InChI=1S/C22H31N3O3/c1-22(2,3)19(13-23-20(26)9-8-15-10-11-28-14-15)25-21(27)18-12-16-6-4-5-7-17(16)24-18/h10-12,14,19,24H,4-9,13H2,1-3H3,(H,23,26)(H,25,27). The molecule has 0 aliphatic heterocycles. The summed E-state index contributed by atoms with van der Waals surface area (Å²) in [5.74, 6) is -0.137. The fourth-order valence-corrected chi connectivity index (χ4v) is 3.53. The molecule has 0 saturated carbocycles. The van der Waals surface area contributed by atoms with E-state index in [2.05, 4.69) is 36.4 Å². The van der Waals surface area contributed by atoms with E-state index in [0.29, 0.717) is 25.1 Å². The highest BCUT2D eigenvalue weighted by molar-refractivity contribution is 5.93. The quantitative estimate of drug-likeness (QED) is 0.683. The zero-order valence-electron chi connectivity index (χ0n) is 17.1. The maximum Gasteiger partial charge on any atom is 0.268 e. The zero-order valence-corrected chi connectivity index (χ0v) is 17.1. The van der Waals surface area contributed by atoms with E-state index in [9.17, 15) is 9.59 Å². The molecule has 152 valence electrons. The van der Waals surface area contributed by atoms with Crippen LogP contribution in [0, 0.1) is 5.41 Å². The van der Waals surface area contributed by atoms with Gasteiger partial charge in [0.15, 0.2) is 0 Å². The van der Waals surface area contributed by atoms with Gasteiger partial charge in [-0.3, -0.25) is 9.59 Å². The number of aromatic amines is 1. The predicted octanol–water partition coefficient (Wildman–Crippen LogP) is 3.38. The first kappa shape index (κ1) is 20.2. The van der Waals surface area contributed by atoms with E-state index in [4.69, 9.17) is 4.42 Å². The van der Waals surface area contributed by atoms with Crippen molar-refractivity contribution >= 4 is 11.8 Å². The number of aromatic nitrogens is 1. The second-order valence-electron chi connectivity index (χ2n) is 8.72. The molecule has 2 aromatic rings. The van der Waals surface area contributed by atoms with E-state index in [0.717, 1.165) is 18.4 Å². The van der Waals surface area contributed by atoms with E-state index >= 15 is 0 Å². The van der Waals surface area contributed by atoms with Crippen LogP contribution in [0.3, 0.4) is 0 Å². The van der Waals surface area contributed by atoms with Crippen molar-refractivity contribution < 1.29 is 14.0 Å². The Balaban J connectivity index is 1.55. The predicted molar refractivity (Wildman–Crippen MR) is 108 cm³/mol. The molecule has 6 nitrogen and oxygen atoms in total. The number of aryl methyl sites for hydroxylation is 3. The van der Waals surface area contributed by atoms with Crippen LogP contribution < -0.4 is 10.6 Å². The summed E-state index contributed by atoms with van der Waals surface area (Å²) in [5.41, 5.74) is 3.89. The molecule has 1 aliphatic carbocycles. The smallest absolute Gasteiger partial charge is 0.268 e. The summed E-state index contributed by atoms with van der Waals surface area (Å²) in [7, 11) is 0. The molecule has 1 aliphatic rings. The molecule has 0 aromatic carbocycles. The summed E-state index contributed by atoms with van der Waals surface area (Å²) in [6.45, 7) is 6.60. The van der Waals surface area contributed by atoms with Gasteiger partial charge in [-0.15, -0.1) is 0 Å². The van der Waals surface area contributed by atoms with Crippen molar-refractivity contribution in [3.05, 3.63) is 47.2 Å². The van der Waals surface area contributed by atoms with Crippen LogP contribution >= 0.6 is 0 Å². The summed E-state index contributed by atoms with van der Waals surface area (Å²) < 4.78 is 5.02. The van der Waals surface area contributed by atoms with Gasteiger partial charge in [0.2, 0.25) is 5.91 Å². The third kappa shape index (κ3) is 5.27. The summed E-state index contributed by atoms with van der Waals surface area (Å²) in [6, 6.07) is 3.67. The lowest BCUT2D eigenvalue weighted by molar-refractivity contribution is -0.121. The zero-order chi connectivity index (χ0) is 20.1. The maximum atomic E-state index is 12.8. The normalized spacial score (nSPS) is 15.0. The van der Waals surface area contributed by atoms with Gasteiger partial charge in [0.25, 0.3) is 5.91 Å². The average molecular weight is 386 g/mol. The highest BCUT2D eigenvalue weighted by Gasteiger charge is 2.28. The Morgan fingerprint density at radius 3 is 2.71 bits per heavy atom. The first-order chi connectivity index (χ1) is 13.3. The minimum Gasteiger partial charge on any atom is -0.472 e. The summed E-state index contributed by atoms with van der Waals surface area (Å²) in [5, 5.41) is 6.07. The van der Waals surface area contributed by atoms with Crippen LogP contribution in [0.5, 0.6) is 0 Å². The molecule has 2 heterocycles. The lowest BCUT2D eigenvalue weighted by Gasteiger charge is -2.31. The molecule has 28 heavy (non-hydrogen) atoms. The Morgan fingerprint density at radius 1 is 1.25 bits per heavy atom. The van der Waals surface area contributed by atoms with Gasteiger partial charge in [0.1, 0.15) is 5.69 Å². The van der Waals surface area contributed by atoms with Crippen molar-refractivity contribution in [1.29, 1.82) is 0 Å². The molecule has 0 radical (unpaired) electrons. The third-order valence-corrected chi connectivity index (χ3v) is 5.43. The Kier molecular flexibility index (Phi) is 6.27. The second kappa shape index (κ2) is 8.67. The van der Waals surface area contributed by atoms with E-state index in [1.807, 2.05) is 12.1 Å². The number of rotatable bonds is 7. The monoisotopic (exact) mass is 385 g/mol. The summed E-state index contributed by atoms with van der Waals surface area (Å²) >= 11 is 0. The first-order valence-electron chi connectivity index (χ1n) is 10.1. The maximum absolute atomic E-state index is 12.8. The van der Waals surface area contributed by atoms with Gasteiger partial charge in [0, 0.05) is 18.7 Å². The van der Waals surface area contributed by atoms with Crippen LogP contribution in [0.1, 0.15) is 67.3 Å². The number of fused-ring (bicyclic) bond motifs is 1. The van der Waals surface area contributed by atoms with Crippen LogP contribution in [0.2, 0.25) is 0 Å². The number of H-pyrrole nitrogens is 1. The molecule has 0 spiro atoms. The van der Waals surface area contributed by atoms with Crippen LogP contribution in [-0.2, 0) is 24.1 Å². The number of carbonyl (C=O) groups is 2. The van der Waals surface area contributed by atoms with Crippen molar-refractivity contribution in [3.8, 4) is 0 Å². The molecule has 3 N–H and O–H groups in total. The SMILES string of the molecule is CC(C)(C)C(CNC(=O)CCc1ccoc1)NC(=O)c1cc2c([nH]1)CCCC2. The molecule has 0 saturated heterocycles. The molecular formula is C22H31N3O3. The van der Waals surface area contributed by atoms with E-state index in [1.54, 1.807) is 12.5 Å². The largest absolute Gasteiger partial charge is 0.472 e. The van der Waals surface area contributed by atoms with Crippen LogP contribution in [0.15, 0.2) is 29.1 Å². The fourth-order valence-electron chi connectivity index (χ4n) is 3.53. The Morgan fingerprint density at radius 2 is 2.04 bits per heavy atom. The summed E-state index contributed by atoms with van der Waals surface area (Å²) in [4.78, 5) is 28.3. The number of nitrogens with one attached hydrogen (secondary N) is 3. The van der Waals surface area contributed by atoms with E-state index in [1.165, 1.54) is 24.1 Å². The minimum atomic E-state index is -0.181. The molecule has 2 amide bonds. The Bertz CT molecular complexity index is 776. The number of furan rings is 1. The lowest BCUT2D eigenvalue weighted by atomic mass is 9.86. The van der Waals surface area contributed by atoms with Crippen molar-refractivity contribution in [2.75, 3.05) is 6.54 Å². The van der Waals surface area contributed by atoms with Crippen molar-refractivity contribution in [3.63, 3.8) is 0 Å². The Labute approximate surface area is 166 Å². The van der Waals surface area contributed by atoms with Gasteiger partial charge in [0.05, 0.1) is 18.6 Å². The van der Waals surface area contributed by atoms with E-state index < -0.39 is 0 Å². The van der Waals surface area contributed by atoms with Gasteiger partial charge in [-0.05, 0) is 60.8 Å². The summed E-state index contributed by atoms with van der Waals surface area (Å²) in [6.07, 6.45) is 8.70. The van der Waals surface area contributed by atoms with E-state index in [-0.39, 0.29) is 23.3 Å². The number of amides is 2. The molecule has 3 rings (SSSR count). The average Bonchev–Trinajstić information content (AvgIpc) is 3.31. The molecule has 1 unspecified atom stereocenters. The highest BCUT2D eigenvalue weighted by atomic mass is 16.3. The Hall–Kier alpha value is -2.50. The number of hydrogen-bond acceptors (Lipinski definition) is 3. The lowest BCUT2D eigenvalue weighted by Crippen LogP contribution is -2.50. The van der Waals surface area contributed by atoms with Crippen LogP contribution in [-0.4, -0.2) is 29.4 Å². The molecule has 0 fully saturated rings. The van der Waals surface area contributed by atoms with Crippen LogP contribution in [0.4, 0.5) is 0 Å². The van der Waals surface area contributed by atoms with Gasteiger partial charge < -0.3 is 20.0 Å². The molecule has 1 atom stereocenters. The molecular weight excluding hydrogens is 354 g/mol. The minimum absolute atomic E-state index is 0.0277. The molecule has 2 aromatic heterocycles. The third-order valence-electron chi connectivity index (χ3n) is 5.43. The van der Waals surface area contributed by atoms with Gasteiger partial charge >= 0.3 is 0 Å². The van der Waals surface area contributed by atoms with Crippen molar-refractivity contribution in [2.45, 2.75) is 65.3 Å². The van der Waals surface area contributed by atoms with Crippen molar-refractivity contribution in [1.82, 2.24) is 15.6 Å². The molecule has 0 bridgehead atoms. The van der Waals surface area contributed by atoms with Crippen molar-refractivity contribution in [2.24, 2.45) is 5.41 Å².